The van der Waals surface area contributed by atoms with Crippen LogP contribution in [0.5, 0.6) is 0 Å². The molecule has 1 N–H and O–H groups in total. The van der Waals surface area contributed by atoms with Gasteiger partial charge in [-0.2, -0.15) is 30.6 Å². The third-order valence-electron chi connectivity index (χ3n) is 3.66. The van der Waals surface area contributed by atoms with Gasteiger partial charge in [0, 0.05) is 13.1 Å². The molecular formula is C14H19F3N2O2S. The normalized spacial score (nSPS) is 20.5. The zero-order chi connectivity index (χ0) is 16.5. The fraction of sp³-hybridized carbons (Fsp3) is 0.571. The molecule has 1 saturated heterocycles. The Hall–Kier alpha value is -1.12. The minimum Gasteiger partial charge on any atom is -0.195 e. The maximum atomic E-state index is 12.2. The van der Waals surface area contributed by atoms with Crippen LogP contribution in [-0.2, 0) is 10.2 Å². The number of hydrogen-bond donors (Lipinski definition) is 1. The van der Waals surface area contributed by atoms with Crippen LogP contribution in [0.2, 0.25) is 0 Å². The predicted octanol–water partition coefficient (Wildman–Crippen LogP) is 2.49. The summed E-state index contributed by atoms with van der Waals surface area (Å²) in [4.78, 5) is 0. The molecule has 0 aliphatic carbocycles. The third kappa shape index (κ3) is 4.44. The molecule has 0 amide bonds. The smallest absolute Gasteiger partial charge is 0.195 e. The zero-order valence-corrected chi connectivity index (χ0v) is 13.3. The van der Waals surface area contributed by atoms with Gasteiger partial charge in [-0.25, -0.2) is 0 Å². The van der Waals surface area contributed by atoms with E-state index in [0.29, 0.717) is 6.42 Å². The van der Waals surface area contributed by atoms with Crippen molar-refractivity contribution in [3.8, 4) is 0 Å². The Morgan fingerprint density at radius 2 is 1.82 bits per heavy atom. The van der Waals surface area contributed by atoms with E-state index < -0.39 is 22.9 Å². The lowest BCUT2D eigenvalue weighted by atomic mass is 9.95. The van der Waals surface area contributed by atoms with E-state index in [4.69, 9.17) is 0 Å². The minimum atomic E-state index is -4.56. The standard InChI is InChI=1S/C14H19F3N2O2S/c1-10-5-11(2)7-13(6-10)12-3-4-19(8-12)22(20,21)18-9-14(15,16)17/h5-7,12,18H,3-4,8-9H2,1-2H3/t12-/m0/s1. The van der Waals surface area contributed by atoms with Crippen LogP contribution in [-0.4, -0.2) is 38.5 Å². The summed E-state index contributed by atoms with van der Waals surface area (Å²) in [5.41, 5.74) is 3.21. The number of benzene rings is 1. The van der Waals surface area contributed by atoms with E-state index >= 15 is 0 Å². The largest absolute Gasteiger partial charge is 0.402 e. The quantitative estimate of drug-likeness (QED) is 0.918. The fourth-order valence-electron chi connectivity index (χ4n) is 2.73. The summed E-state index contributed by atoms with van der Waals surface area (Å²) in [6.45, 7) is 2.82. The van der Waals surface area contributed by atoms with Gasteiger partial charge in [-0.1, -0.05) is 29.3 Å². The van der Waals surface area contributed by atoms with Gasteiger partial charge in [0.25, 0.3) is 10.2 Å². The number of nitrogens with zero attached hydrogens (tertiary/aromatic N) is 1. The maximum absolute atomic E-state index is 12.2. The van der Waals surface area contributed by atoms with Crippen LogP contribution in [0.25, 0.3) is 0 Å². The van der Waals surface area contributed by atoms with Gasteiger partial charge in [-0.05, 0) is 31.7 Å². The Kier molecular flexibility index (Phi) is 4.84. The zero-order valence-electron chi connectivity index (χ0n) is 12.4. The summed E-state index contributed by atoms with van der Waals surface area (Å²) in [5, 5.41) is 0. The lowest BCUT2D eigenvalue weighted by Gasteiger charge is -2.18. The molecule has 22 heavy (non-hydrogen) atoms. The Morgan fingerprint density at radius 1 is 1.23 bits per heavy atom. The molecule has 1 fully saturated rings. The van der Waals surface area contributed by atoms with Crippen LogP contribution in [0, 0.1) is 13.8 Å². The highest BCUT2D eigenvalue weighted by Crippen LogP contribution is 2.30. The number of nitrogens with one attached hydrogen (secondary N) is 1. The van der Waals surface area contributed by atoms with Gasteiger partial charge < -0.3 is 0 Å². The highest BCUT2D eigenvalue weighted by atomic mass is 32.2. The van der Waals surface area contributed by atoms with Crippen molar-refractivity contribution in [1.82, 2.24) is 9.03 Å². The molecule has 0 aromatic heterocycles. The van der Waals surface area contributed by atoms with E-state index in [1.807, 2.05) is 32.0 Å². The molecule has 0 bridgehead atoms. The van der Waals surface area contributed by atoms with Crippen molar-refractivity contribution >= 4 is 10.2 Å². The van der Waals surface area contributed by atoms with Crippen LogP contribution in [0.3, 0.4) is 0 Å². The van der Waals surface area contributed by atoms with Crippen LogP contribution in [0.15, 0.2) is 18.2 Å². The van der Waals surface area contributed by atoms with Crippen LogP contribution >= 0.6 is 0 Å². The number of alkyl halides is 3. The lowest BCUT2D eigenvalue weighted by Crippen LogP contribution is -2.43. The highest BCUT2D eigenvalue weighted by molar-refractivity contribution is 7.87. The van der Waals surface area contributed by atoms with Crippen molar-refractivity contribution in [3.63, 3.8) is 0 Å². The first-order valence-electron chi connectivity index (χ1n) is 6.96. The van der Waals surface area contributed by atoms with Gasteiger partial charge in [0.2, 0.25) is 0 Å². The number of halogens is 3. The summed E-state index contributed by atoms with van der Waals surface area (Å²) in [5.74, 6) is 0.0149. The second kappa shape index (κ2) is 6.17. The van der Waals surface area contributed by atoms with Crippen molar-refractivity contribution in [1.29, 1.82) is 0 Å². The van der Waals surface area contributed by atoms with E-state index in [2.05, 4.69) is 0 Å². The van der Waals surface area contributed by atoms with E-state index in [1.165, 1.54) is 0 Å². The molecular weight excluding hydrogens is 317 g/mol. The average molecular weight is 336 g/mol. The molecule has 8 heteroatoms. The molecule has 1 aliphatic heterocycles. The SMILES string of the molecule is Cc1cc(C)cc([C@H]2CCN(S(=O)(=O)NCC(F)(F)F)C2)c1. The van der Waals surface area contributed by atoms with Gasteiger partial charge in [-0.15, -0.1) is 0 Å². The molecule has 1 aliphatic rings. The lowest BCUT2D eigenvalue weighted by molar-refractivity contribution is -0.121. The fourth-order valence-corrected chi connectivity index (χ4v) is 3.98. The Bertz CT molecular complexity index is 624. The molecule has 1 heterocycles. The van der Waals surface area contributed by atoms with Crippen molar-refractivity contribution < 1.29 is 21.6 Å². The minimum absolute atomic E-state index is 0.0149. The Labute approximate surface area is 128 Å². The third-order valence-corrected chi connectivity index (χ3v) is 5.18. The second-order valence-electron chi connectivity index (χ2n) is 5.71. The number of rotatable bonds is 4. The monoisotopic (exact) mass is 336 g/mol. The molecule has 0 spiro atoms. The average Bonchev–Trinajstić information content (AvgIpc) is 2.85. The number of aryl methyl sites for hydroxylation is 2. The first-order chi connectivity index (χ1) is 10.1. The first-order valence-corrected chi connectivity index (χ1v) is 8.40. The van der Waals surface area contributed by atoms with Gasteiger partial charge in [-0.3, -0.25) is 0 Å². The van der Waals surface area contributed by atoms with Gasteiger partial charge in [0.1, 0.15) is 6.54 Å². The van der Waals surface area contributed by atoms with E-state index in [1.54, 1.807) is 4.72 Å². The summed E-state index contributed by atoms with van der Waals surface area (Å²) in [6.07, 6.45) is -3.95. The molecule has 124 valence electrons. The van der Waals surface area contributed by atoms with Crippen LogP contribution in [0.4, 0.5) is 13.2 Å². The van der Waals surface area contributed by atoms with Crippen LogP contribution < -0.4 is 4.72 Å². The van der Waals surface area contributed by atoms with Gasteiger partial charge in [0.15, 0.2) is 0 Å². The summed E-state index contributed by atoms with van der Waals surface area (Å²) >= 11 is 0. The summed E-state index contributed by atoms with van der Waals surface area (Å²) < 4.78 is 63.0. The maximum Gasteiger partial charge on any atom is 0.402 e. The molecule has 0 unspecified atom stereocenters. The molecule has 4 nitrogen and oxygen atoms in total. The highest BCUT2D eigenvalue weighted by Gasteiger charge is 2.35. The first kappa shape index (κ1) is 17.2. The Balaban J connectivity index is 2.06. The van der Waals surface area contributed by atoms with E-state index in [9.17, 15) is 21.6 Å². The van der Waals surface area contributed by atoms with Crippen molar-refractivity contribution in [2.75, 3.05) is 19.6 Å². The molecule has 1 aromatic rings. The molecule has 1 aromatic carbocycles. The van der Waals surface area contributed by atoms with Gasteiger partial charge >= 0.3 is 6.18 Å². The second-order valence-corrected chi connectivity index (χ2v) is 7.46. The van der Waals surface area contributed by atoms with Crippen molar-refractivity contribution in [2.24, 2.45) is 0 Å². The predicted molar refractivity (Wildman–Crippen MR) is 77.8 cm³/mol. The Morgan fingerprint density at radius 3 is 2.36 bits per heavy atom. The summed E-state index contributed by atoms with van der Waals surface area (Å²) in [6, 6.07) is 6.02. The van der Waals surface area contributed by atoms with E-state index in [0.717, 1.165) is 21.0 Å². The molecule has 2 rings (SSSR count). The van der Waals surface area contributed by atoms with Gasteiger partial charge in [0.05, 0.1) is 0 Å². The number of hydrogen-bond acceptors (Lipinski definition) is 2. The molecule has 0 saturated carbocycles. The van der Waals surface area contributed by atoms with Crippen molar-refractivity contribution in [2.45, 2.75) is 32.4 Å². The summed E-state index contributed by atoms with van der Waals surface area (Å²) in [7, 11) is -4.09. The molecule has 0 radical (unpaired) electrons. The van der Waals surface area contributed by atoms with E-state index in [-0.39, 0.29) is 19.0 Å². The van der Waals surface area contributed by atoms with Crippen molar-refractivity contribution in [3.05, 3.63) is 34.9 Å². The topological polar surface area (TPSA) is 49.4 Å². The van der Waals surface area contributed by atoms with Crippen LogP contribution in [0.1, 0.15) is 29.0 Å². The molecule has 1 atom stereocenters.